The van der Waals surface area contributed by atoms with E-state index in [9.17, 15) is 10.0 Å². The molecule has 0 aromatic heterocycles. The van der Waals surface area contributed by atoms with Crippen LogP contribution < -0.4 is 0 Å². The van der Waals surface area contributed by atoms with Gasteiger partial charge in [0.15, 0.2) is 0 Å². The maximum atomic E-state index is 12.1. The number of likely N-dealkylation sites (N-methyl/N-ethyl adjacent to an activating group) is 1. The molecule has 2 heterocycles. The van der Waals surface area contributed by atoms with Crippen LogP contribution in [0, 0.1) is 0 Å². The molecule has 4 rings (SSSR count). The highest BCUT2D eigenvalue weighted by molar-refractivity contribution is 7.99. The molecule has 146 valence electrons. The Bertz CT molecular complexity index is 887. The minimum Gasteiger partial charge on any atom is -0.417 e. The molecule has 2 aromatic carbocycles. The summed E-state index contributed by atoms with van der Waals surface area (Å²) in [5.74, 6) is 0. The first-order valence-electron chi connectivity index (χ1n) is 9.25. The number of oxime groups is 1. The Morgan fingerprint density at radius 3 is 2.50 bits per heavy atom. The Balaban J connectivity index is 1.58. The van der Waals surface area contributed by atoms with Gasteiger partial charge in [-0.2, -0.15) is 0 Å². The second-order valence-corrected chi connectivity index (χ2v) is 8.09. The van der Waals surface area contributed by atoms with Gasteiger partial charge in [-0.15, -0.1) is 0 Å². The van der Waals surface area contributed by atoms with Gasteiger partial charge >= 0.3 is 6.09 Å². The summed E-state index contributed by atoms with van der Waals surface area (Å²) in [5.41, 5.74) is 0.367. The lowest BCUT2D eigenvalue weighted by Crippen LogP contribution is -2.52. The first kappa shape index (κ1) is 18.8. The molecule has 7 heteroatoms. The van der Waals surface area contributed by atoms with Gasteiger partial charge in [0.05, 0.1) is 5.71 Å². The van der Waals surface area contributed by atoms with Crippen molar-refractivity contribution in [3.05, 3.63) is 60.2 Å². The van der Waals surface area contributed by atoms with Crippen LogP contribution in [0.2, 0.25) is 0 Å². The van der Waals surface area contributed by atoms with Crippen molar-refractivity contribution in [3.8, 4) is 0 Å². The molecule has 1 N–H and O–H groups in total. The van der Waals surface area contributed by atoms with Crippen molar-refractivity contribution in [1.82, 2.24) is 4.90 Å². The third-order valence-electron chi connectivity index (χ3n) is 5.32. The van der Waals surface area contributed by atoms with Crippen LogP contribution in [0.1, 0.15) is 25.8 Å². The third-order valence-corrected chi connectivity index (χ3v) is 6.33. The van der Waals surface area contributed by atoms with Gasteiger partial charge in [0, 0.05) is 22.8 Å². The molecule has 3 atom stereocenters. The minimum absolute atomic E-state index is 0.274. The van der Waals surface area contributed by atoms with Gasteiger partial charge in [-0.1, -0.05) is 47.2 Å². The monoisotopic (exact) mass is 398 g/mol. The molecule has 0 unspecified atom stereocenters. The van der Waals surface area contributed by atoms with Crippen LogP contribution in [0.3, 0.4) is 0 Å². The normalized spacial score (nSPS) is 28.3. The van der Waals surface area contributed by atoms with E-state index in [1.807, 2.05) is 56.3 Å². The lowest BCUT2D eigenvalue weighted by Gasteiger charge is -2.40. The maximum absolute atomic E-state index is 12.1. The van der Waals surface area contributed by atoms with E-state index in [0.717, 1.165) is 15.4 Å². The summed E-state index contributed by atoms with van der Waals surface area (Å²) >= 11 is 1.67. The zero-order valence-corrected chi connectivity index (χ0v) is 16.6. The van der Waals surface area contributed by atoms with Gasteiger partial charge in [0.2, 0.25) is 6.29 Å². The molecule has 0 aliphatic carbocycles. The first-order chi connectivity index (χ1) is 13.5. The number of fused-ring (bicyclic) bond motifs is 1. The molecule has 0 radical (unpaired) electrons. The van der Waals surface area contributed by atoms with E-state index in [2.05, 4.69) is 17.3 Å². The highest BCUT2D eigenvalue weighted by Gasteiger charge is 2.53. The summed E-state index contributed by atoms with van der Waals surface area (Å²) in [4.78, 5) is 15.9. The van der Waals surface area contributed by atoms with Gasteiger partial charge in [-0.3, -0.25) is 4.90 Å². The zero-order chi connectivity index (χ0) is 19.7. The highest BCUT2D eigenvalue weighted by Crippen LogP contribution is 2.41. The largest absolute Gasteiger partial charge is 0.417 e. The van der Waals surface area contributed by atoms with Crippen LogP contribution in [0.5, 0.6) is 0 Å². The number of ether oxygens (including phenoxy) is 2. The van der Waals surface area contributed by atoms with Crippen molar-refractivity contribution in [2.75, 3.05) is 6.54 Å². The predicted molar refractivity (Wildman–Crippen MR) is 106 cm³/mol. The molecule has 2 aromatic rings. The topological polar surface area (TPSA) is 71.4 Å². The third kappa shape index (κ3) is 3.25. The predicted octanol–water partition coefficient (Wildman–Crippen LogP) is 4.47. The Morgan fingerprint density at radius 1 is 1.18 bits per heavy atom. The van der Waals surface area contributed by atoms with Crippen LogP contribution in [0.25, 0.3) is 0 Å². The maximum Gasteiger partial charge on any atom is 0.412 e. The SMILES string of the molecule is CCN1C(=O)O[C@@H]2O[C@](C)(c3ccc(Sc4ccccc4)cc3)/C(=N\O)C[C@@H]21. The van der Waals surface area contributed by atoms with Crippen LogP contribution >= 0.6 is 11.8 Å². The quantitative estimate of drug-likeness (QED) is 0.608. The van der Waals surface area contributed by atoms with Crippen LogP contribution in [-0.4, -0.2) is 40.8 Å². The number of hydrogen-bond acceptors (Lipinski definition) is 6. The molecule has 2 saturated heterocycles. The number of hydrogen-bond donors (Lipinski definition) is 1. The van der Waals surface area contributed by atoms with E-state index in [-0.39, 0.29) is 6.04 Å². The van der Waals surface area contributed by atoms with E-state index in [1.54, 1.807) is 16.7 Å². The average molecular weight is 398 g/mol. The highest BCUT2D eigenvalue weighted by atomic mass is 32.2. The Labute approximate surface area is 168 Å². The van der Waals surface area contributed by atoms with Gasteiger partial charge < -0.3 is 14.7 Å². The van der Waals surface area contributed by atoms with Gasteiger partial charge in [0.25, 0.3) is 0 Å². The lowest BCUT2D eigenvalue weighted by atomic mass is 9.84. The van der Waals surface area contributed by atoms with Gasteiger partial charge in [0.1, 0.15) is 11.6 Å². The molecule has 0 saturated carbocycles. The fraction of sp³-hybridized carbons (Fsp3) is 0.333. The van der Waals surface area contributed by atoms with E-state index in [1.165, 1.54) is 0 Å². The van der Waals surface area contributed by atoms with E-state index in [0.29, 0.717) is 18.7 Å². The minimum atomic E-state index is -0.962. The number of benzene rings is 2. The molecular formula is C21H22N2O4S. The summed E-state index contributed by atoms with van der Waals surface area (Å²) in [5, 5.41) is 13.2. The molecule has 2 aliphatic rings. The van der Waals surface area contributed by atoms with Crippen molar-refractivity contribution >= 4 is 23.6 Å². The molecule has 0 spiro atoms. The lowest BCUT2D eigenvalue weighted by molar-refractivity contribution is -0.165. The molecule has 2 aliphatic heterocycles. The molecule has 0 bridgehead atoms. The average Bonchev–Trinajstić information content (AvgIpc) is 3.01. The Hall–Kier alpha value is -2.51. The summed E-state index contributed by atoms with van der Waals surface area (Å²) in [6.45, 7) is 4.25. The second-order valence-electron chi connectivity index (χ2n) is 6.95. The van der Waals surface area contributed by atoms with Gasteiger partial charge in [-0.05, 0) is 43.7 Å². The summed E-state index contributed by atoms with van der Waals surface area (Å²) in [6.07, 6.45) is -0.674. The molecular weight excluding hydrogens is 376 g/mol. The fourth-order valence-corrected chi connectivity index (χ4v) is 4.57. The standard InChI is InChI=1S/C21H22N2O4S/c1-3-23-17-13-18(22-25)21(2,27-19(17)26-20(23)24)14-9-11-16(12-10-14)28-15-7-5-4-6-8-15/h4-12,17,19,25H,3,13H2,1-2H3/b22-18-/t17-,19+,21+/m0/s1. The second kappa shape index (κ2) is 7.48. The van der Waals surface area contributed by atoms with Crippen LogP contribution in [-0.2, 0) is 15.1 Å². The number of carbonyl (C=O) groups is 1. The number of nitrogens with zero attached hydrogens (tertiary/aromatic N) is 2. The van der Waals surface area contributed by atoms with Crippen molar-refractivity contribution in [1.29, 1.82) is 0 Å². The van der Waals surface area contributed by atoms with Crippen LogP contribution in [0.4, 0.5) is 4.79 Å². The summed E-state index contributed by atoms with van der Waals surface area (Å²) in [6, 6.07) is 17.8. The van der Waals surface area contributed by atoms with Crippen molar-refractivity contribution in [2.45, 2.75) is 48.0 Å². The number of amides is 1. The van der Waals surface area contributed by atoms with Crippen molar-refractivity contribution in [2.24, 2.45) is 5.16 Å². The smallest absolute Gasteiger partial charge is 0.412 e. The zero-order valence-electron chi connectivity index (χ0n) is 15.7. The van der Waals surface area contributed by atoms with Crippen molar-refractivity contribution in [3.63, 3.8) is 0 Å². The first-order valence-corrected chi connectivity index (χ1v) is 10.1. The Morgan fingerprint density at radius 2 is 1.86 bits per heavy atom. The Kier molecular flexibility index (Phi) is 5.03. The van der Waals surface area contributed by atoms with E-state index >= 15 is 0 Å². The van der Waals surface area contributed by atoms with E-state index in [4.69, 9.17) is 9.47 Å². The number of carbonyl (C=O) groups excluding carboxylic acids is 1. The molecule has 6 nitrogen and oxygen atoms in total. The fourth-order valence-electron chi connectivity index (χ4n) is 3.73. The van der Waals surface area contributed by atoms with Gasteiger partial charge in [-0.25, -0.2) is 4.79 Å². The van der Waals surface area contributed by atoms with Crippen LogP contribution in [0.15, 0.2) is 69.5 Å². The summed E-state index contributed by atoms with van der Waals surface area (Å²) < 4.78 is 11.6. The van der Waals surface area contributed by atoms with Crippen molar-refractivity contribution < 1.29 is 19.5 Å². The summed E-state index contributed by atoms with van der Waals surface area (Å²) in [7, 11) is 0. The molecule has 2 fully saturated rings. The molecule has 28 heavy (non-hydrogen) atoms. The van der Waals surface area contributed by atoms with E-state index < -0.39 is 18.0 Å². The molecule has 1 amide bonds. The number of rotatable bonds is 4.